The van der Waals surface area contributed by atoms with Crippen LogP contribution in [-0.4, -0.2) is 0 Å². The molecule has 2 aromatic rings. The van der Waals surface area contributed by atoms with E-state index in [0.717, 1.165) is 10.5 Å². The Bertz CT molecular complexity index is 516. The van der Waals surface area contributed by atoms with Gasteiger partial charge in [0, 0.05) is 15.7 Å². The number of hydrogen-bond acceptors (Lipinski definition) is 2. The number of anilines is 1. The van der Waals surface area contributed by atoms with Gasteiger partial charge in [-0.2, -0.15) is 0 Å². The lowest BCUT2D eigenvalue weighted by atomic mass is 10.2. The number of nitrogens with two attached hydrogens (primary N) is 1. The molecule has 88 valence electrons. The summed E-state index contributed by atoms with van der Waals surface area (Å²) in [6.45, 7) is 0. The van der Waals surface area contributed by atoms with E-state index < -0.39 is 5.82 Å². The predicted molar refractivity (Wildman–Crippen MR) is 71.8 cm³/mol. The average molecular weight is 268 g/mol. The Labute approximate surface area is 109 Å². The van der Waals surface area contributed by atoms with E-state index in [0.29, 0.717) is 10.8 Å². The number of nitrogen functional groups attached to an aromatic ring is 1. The van der Waals surface area contributed by atoms with Crippen molar-refractivity contribution in [3.63, 3.8) is 0 Å². The molecule has 0 bridgehead atoms. The molecule has 0 aliphatic heterocycles. The van der Waals surface area contributed by atoms with Crippen molar-refractivity contribution in [2.75, 3.05) is 5.73 Å². The Balaban J connectivity index is 2.12. The molecule has 0 spiro atoms. The van der Waals surface area contributed by atoms with Gasteiger partial charge in [-0.3, -0.25) is 0 Å². The maximum absolute atomic E-state index is 13.1. The zero-order chi connectivity index (χ0) is 12.3. The lowest BCUT2D eigenvalue weighted by molar-refractivity contribution is 0.632. The molecule has 2 N–H and O–H groups in total. The van der Waals surface area contributed by atoms with Gasteiger partial charge in [0.05, 0.1) is 5.69 Å². The zero-order valence-corrected chi connectivity index (χ0v) is 10.6. The van der Waals surface area contributed by atoms with Gasteiger partial charge in [-0.1, -0.05) is 29.8 Å². The van der Waals surface area contributed by atoms with Crippen molar-refractivity contribution in [3.05, 3.63) is 58.9 Å². The monoisotopic (exact) mass is 267 g/mol. The van der Waals surface area contributed by atoms with Crippen molar-refractivity contribution in [2.24, 2.45) is 0 Å². The van der Waals surface area contributed by atoms with Crippen molar-refractivity contribution in [1.82, 2.24) is 0 Å². The quantitative estimate of drug-likeness (QED) is 0.661. The second-order valence-electron chi connectivity index (χ2n) is 3.57. The maximum atomic E-state index is 13.1. The molecular formula is C13H11ClFNS. The average Bonchev–Trinajstić information content (AvgIpc) is 2.33. The molecule has 0 heterocycles. The van der Waals surface area contributed by atoms with Crippen LogP contribution in [0.4, 0.5) is 10.1 Å². The summed E-state index contributed by atoms with van der Waals surface area (Å²) in [6, 6.07) is 12.8. The lowest BCUT2D eigenvalue weighted by Gasteiger charge is -2.06. The number of hydrogen-bond donors (Lipinski definition) is 1. The Kier molecular flexibility index (Phi) is 3.92. The third kappa shape index (κ3) is 3.14. The van der Waals surface area contributed by atoms with Gasteiger partial charge in [0.2, 0.25) is 0 Å². The van der Waals surface area contributed by atoms with Crippen molar-refractivity contribution in [1.29, 1.82) is 0 Å². The predicted octanol–water partition coefficient (Wildman–Crippen LogP) is 4.35. The van der Waals surface area contributed by atoms with Crippen molar-refractivity contribution in [3.8, 4) is 0 Å². The van der Waals surface area contributed by atoms with Gasteiger partial charge in [-0.15, -0.1) is 11.8 Å². The number of halogens is 2. The van der Waals surface area contributed by atoms with Gasteiger partial charge in [0.25, 0.3) is 0 Å². The third-order valence-electron chi connectivity index (χ3n) is 2.30. The summed E-state index contributed by atoms with van der Waals surface area (Å²) in [6.07, 6.45) is 0. The van der Waals surface area contributed by atoms with E-state index in [1.165, 1.54) is 6.07 Å². The number of rotatable bonds is 3. The molecule has 0 amide bonds. The van der Waals surface area contributed by atoms with Crippen LogP contribution in [0.1, 0.15) is 5.56 Å². The molecular weight excluding hydrogens is 257 g/mol. The van der Waals surface area contributed by atoms with E-state index in [2.05, 4.69) is 0 Å². The van der Waals surface area contributed by atoms with Crippen molar-refractivity contribution < 1.29 is 4.39 Å². The minimum Gasteiger partial charge on any atom is -0.396 e. The highest BCUT2D eigenvalue weighted by molar-refractivity contribution is 7.98. The second kappa shape index (κ2) is 5.43. The molecule has 0 aliphatic rings. The summed E-state index contributed by atoms with van der Waals surface area (Å²) < 4.78 is 13.1. The molecule has 1 nitrogen and oxygen atoms in total. The summed E-state index contributed by atoms with van der Waals surface area (Å²) in [7, 11) is 0. The Morgan fingerprint density at radius 3 is 2.59 bits per heavy atom. The molecule has 2 rings (SSSR count). The molecule has 0 aromatic heterocycles. The second-order valence-corrected chi connectivity index (χ2v) is 5.02. The molecule has 0 saturated heterocycles. The highest BCUT2D eigenvalue weighted by Crippen LogP contribution is 2.29. The maximum Gasteiger partial charge on any atom is 0.147 e. The smallest absolute Gasteiger partial charge is 0.147 e. The largest absolute Gasteiger partial charge is 0.396 e. The first-order valence-corrected chi connectivity index (χ1v) is 6.44. The minimum absolute atomic E-state index is 0.137. The first kappa shape index (κ1) is 12.3. The third-order valence-corrected chi connectivity index (χ3v) is 3.72. The van der Waals surface area contributed by atoms with Crippen LogP contribution in [0.5, 0.6) is 0 Å². The van der Waals surface area contributed by atoms with E-state index in [1.54, 1.807) is 17.8 Å². The molecule has 2 aromatic carbocycles. The standard InChI is InChI=1S/C13H11ClFNS/c14-11-7-12(15)13(16)6-9(11)8-17-10-4-2-1-3-5-10/h1-7H,8,16H2. The minimum atomic E-state index is -0.469. The summed E-state index contributed by atoms with van der Waals surface area (Å²) in [5.74, 6) is 0.205. The molecule has 0 aliphatic carbocycles. The highest BCUT2D eigenvalue weighted by Gasteiger charge is 2.06. The van der Waals surface area contributed by atoms with E-state index >= 15 is 0 Å². The van der Waals surface area contributed by atoms with Crippen LogP contribution in [0.25, 0.3) is 0 Å². The Morgan fingerprint density at radius 2 is 1.88 bits per heavy atom. The normalized spacial score (nSPS) is 10.5. The van der Waals surface area contributed by atoms with Crippen LogP contribution >= 0.6 is 23.4 Å². The van der Waals surface area contributed by atoms with E-state index in [-0.39, 0.29) is 5.69 Å². The summed E-state index contributed by atoms with van der Waals surface area (Å²) in [4.78, 5) is 1.14. The van der Waals surface area contributed by atoms with Crippen LogP contribution in [-0.2, 0) is 5.75 Å². The van der Waals surface area contributed by atoms with Crippen LogP contribution in [0.2, 0.25) is 5.02 Å². The van der Waals surface area contributed by atoms with Crippen LogP contribution < -0.4 is 5.73 Å². The van der Waals surface area contributed by atoms with Gasteiger partial charge in [-0.05, 0) is 29.8 Å². The van der Waals surface area contributed by atoms with Crippen molar-refractivity contribution >= 4 is 29.1 Å². The summed E-state index contributed by atoms with van der Waals surface area (Å²) in [5, 5.41) is 0.417. The fourth-order valence-electron chi connectivity index (χ4n) is 1.40. The fourth-order valence-corrected chi connectivity index (χ4v) is 2.61. The Hall–Kier alpha value is -1.19. The topological polar surface area (TPSA) is 26.0 Å². The van der Waals surface area contributed by atoms with Crippen molar-refractivity contribution in [2.45, 2.75) is 10.6 Å². The van der Waals surface area contributed by atoms with E-state index in [1.807, 2.05) is 30.3 Å². The fraction of sp³-hybridized carbons (Fsp3) is 0.0769. The molecule has 17 heavy (non-hydrogen) atoms. The molecule has 0 radical (unpaired) electrons. The first-order chi connectivity index (χ1) is 8.16. The van der Waals surface area contributed by atoms with E-state index in [9.17, 15) is 4.39 Å². The van der Waals surface area contributed by atoms with Crippen LogP contribution in [0.3, 0.4) is 0 Å². The molecule has 0 unspecified atom stereocenters. The molecule has 0 atom stereocenters. The number of benzene rings is 2. The first-order valence-electron chi connectivity index (χ1n) is 5.08. The van der Waals surface area contributed by atoms with Gasteiger partial charge >= 0.3 is 0 Å². The van der Waals surface area contributed by atoms with Crippen LogP contribution in [0, 0.1) is 5.82 Å². The van der Waals surface area contributed by atoms with Gasteiger partial charge in [0.1, 0.15) is 5.82 Å². The number of thioether (sulfide) groups is 1. The molecule has 0 fully saturated rings. The van der Waals surface area contributed by atoms with E-state index in [4.69, 9.17) is 17.3 Å². The SMILES string of the molecule is Nc1cc(CSc2ccccc2)c(Cl)cc1F. The van der Waals surface area contributed by atoms with Gasteiger partial charge < -0.3 is 5.73 Å². The van der Waals surface area contributed by atoms with Gasteiger partial charge in [0.15, 0.2) is 0 Å². The Morgan fingerprint density at radius 1 is 1.18 bits per heavy atom. The van der Waals surface area contributed by atoms with Gasteiger partial charge in [-0.25, -0.2) is 4.39 Å². The summed E-state index contributed by atoms with van der Waals surface area (Å²) in [5.41, 5.74) is 6.50. The van der Waals surface area contributed by atoms with Crippen LogP contribution in [0.15, 0.2) is 47.4 Å². The zero-order valence-electron chi connectivity index (χ0n) is 8.99. The molecule has 4 heteroatoms. The lowest BCUT2D eigenvalue weighted by Crippen LogP contribution is -1.93. The molecule has 0 saturated carbocycles. The summed E-state index contributed by atoms with van der Waals surface area (Å²) >= 11 is 7.60. The highest BCUT2D eigenvalue weighted by atomic mass is 35.5.